The van der Waals surface area contributed by atoms with Gasteiger partial charge in [-0.25, -0.2) is 0 Å². The van der Waals surface area contributed by atoms with E-state index in [1.165, 1.54) is 0 Å². The van der Waals surface area contributed by atoms with Gasteiger partial charge in [-0.05, 0) is 32.5 Å². The molecule has 0 bridgehead atoms. The van der Waals surface area contributed by atoms with Gasteiger partial charge >= 0.3 is 8.05 Å². The Hall–Kier alpha value is 0.0749. The Morgan fingerprint density at radius 2 is 1.72 bits per heavy atom. The van der Waals surface area contributed by atoms with Crippen LogP contribution in [0.25, 0.3) is 0 Å². The van der Waals surface area contributed by atoms with E-state index >= 15 is 0 Å². The van der Waals surface area contributed by atoms with Crippen LogP contribution in [0.5, 0.6) is 0 Å². The molecule has 0 aliphatic rings. The quantitative estimate of drug-likeness (QED) is 0.613. The lowest BCUT2D eigenvalue weighted by molar-refractivity contribution is -0.139. The van der Waals surface area contributed by atoms with Crippen LogP contribution < -0.4 is 0 Å². The van der Waals surface area contributed by atoms with Gasteiger partial charge in [0.15, 0.2) is 0 Å². The molecule has 0 heterocycles. The van der Waals surface area contributed by atoms with E-state index in [2.05, 4.69) is 30.3 Å². The third kappa shape index (κ3) is 10.0. The van der Waals surface area contributed by atoms with Crippen molar-refractivity contribution in [1.29, 1.82) is 0 Å². The number of nitrogens with zero attached hydrogens (tertiary/aromatic N) is 1. The first-order chi connectivity index (χ1) is 7.69. The lowest BCUT2D eigenvalue weighted by Crippen LogP contribution is -2.28. The summed E-state index contributed by atoms with van der Waals surface area (Å²) >= 11 is 0. The molecule has 0 aromatic heterocycles. The van der Waals surface area contributed by atoms with Crippen LogP contribution in [0.2, 0.25) is 0 Å². The van der Waals surface area contributed by atoms with Gasteiger partial charge in [-0.2, -0.15) is 0 Å². The number of carbonyl (C=O) groups excluding carboxylic acids is 1. The molecule has 3 nitrogen and oxygen atoms in total. The van der Waals surface area contributed by atoms with Gasteiger partial charge in [-0.3, -0.25) is 4.79 Å². The van der Waals surface area contributed by atoms with E-state index in [1.54, 1.807) is 0 Å². The molecule has 6 heteroatoms. The minimum Gasteiger partial charge on any atom is -0.543 e. The summed E-state index contributed by atoms with van der Waals surface area (Å²) < 4.78 is 4.35. The fourth-order valence-electron chi connectivity index (χ4n) is 1.81. The summed E-state index contributed by atoms with van der Waals surface area (Å²) in [6.45, 7) is 9.37. The summed E-state index contributed by atoms with van der Waals surface area (Å²) in [5, 5.41) is 0. The fourth-order valence-corrected chi connectivity index (χ4v) is 1.81. The highest BCUT2D eigenvalue weighted by molar-refractivity contribution is 6.05. The lowest BCUT2D eigenvalue weighted by Gasteiger charge is -2.21. The molecule has 18 heavy (non-hydrogen) atoms. The number of halogens is 2. The fraction of sp³-hybridized carbons (Fsp3) is 0.917. The van der Waals surface area contributed by atoms with Crippen LogP contribution in [-0.4, -0.2) is 38.6 Å². The van der Waals surface area contributed by atoms with Crippen LogP contribution in [0.1, 0.15) is 46.5 Å². The van der Waals surface area contributed by atoms with Crippen LogP contribution in [-0.2, 0) is 9.45 Å². The van der Waals surface area contributed by atoms with E-state index in [1.807, 2.05) is 0 Å². The Kier molecular flexibility index (Phi) is 19.5. The van der Waals surface area contributed by atoms with Gasteiger partial charge in [0, 0.05) is 0 Å². The molecule has 0 amide bonds. The molecule has 0 N–H and O–H groups in total. The van der Waals surface area contributed by atoms with Gasteiger partial charge < -0.3 is 9.55 Å². The van der Waals surface area contributed by atoms with Crippen molar-refractivity contribution in [2.24, 2.45) is 5.92 Å². The highest BCUT2D eigenvalue weighted by atomic mass is 35.5. The minimum atomic E-state index is -0.263. The number of hydrogen-bond acceptors (Lipinski definition) is 3. The number of unbranched alkanes of at least 4 members (excludes halogenated alkanes) is 1. The van der Waals surface area contributed by atoms with Gasteiger partial charge in [-0.1, -0.05) is 33.6 Å². The Balaban J connectivity index is -0.00000112. The summed E-state index contributed by atoms with van der Waals surface area (Å²) in [7, 11) is 4.95. The molecule has 1 atom stereocenters. The van der Waals surface area contributed by atoms with Gasteiger partial charge in [0.1, 0.15) is 0 Å². The molecule has 0 fully saturated rings. The Bertz CT molecular complexity index is 193. The lowest BCUT2D eigenvalue weighted by atomic mass is 9.98. The minimum absolute atomic E-state index is 0. The monoisotopic (exact) mass is 297 g/mol. The van der Waals surface area contributed by atoms with Gasteiger partial charge in [0.05, 0.1) is 5.92 Å². The van der Waals surface area contributed by atoms with Gasteiger partial charge in [-0.15, -0.1) is 24.8 Å². The van der Waals surface area contributed by atoms with Crippen molar-refractivity contribution in [3.8, 4) is 0 Å². The van der Waals surface area contributed by atoms with Crippen molar-refractivity contribution >= 4 is 38.8 Å². The third-order valence-corrected chi connectivity index (χ3v) is 3.04. The topological polar surface area (TPSA) is 29.5 Å². The molecular formula is C12H26BCl2NO2. The third-order valence-electron chi connectivity index (χ3n) is 3.04. The molecule has 0 spiro atoms. The number of carbonyl (C=O) groups is 1. The van der Waals surface area contributed by atoms with E-state index in [9.17, 15) is 4.79 Å². The van der Waals surface area contributed by atoms with Crippen molar-refractivity contribution < 1.29 is 9.45 Å². The Labute approximate surface area is 125 Å². The van der Waals surface area contributed by atoms with Crippen molar-refractivity contribution in [1.82, 2.24) is 4.90 Å². The average molecular weight is 298 g/mol. The maximum absolute atomic E-state index is 11.4. The smallest absolute Gasteiger partial charge is 0.378 e. The van der Waals surface area contributed by atoms with Crippen molar-refractivity contribution in [3.05, 3.63) is 0 Å². The van der Waals surface area contributed by atoms with Crippen molar-refractivity contribution in [2.45, 2.75) is 46.5 Å². The molecule has 0 aromatic carbocycles. The average Bonchev–Trinajstić information content (AvgIpc) is 2.33. The second-order valence-electron chi connectivity index (χ2n) is 4.09. The zero-order valence-electron chi connectivity index (χ0n) is 11.7. The first kappa shape index (κ1) is 23.2. The zero-order chi connectivity index (χ0) is 12.4. The van der Waals surface area contributed by atoms with E-state index in [4.69, 9.17) is 8.05 Å². The predicted octanol–water partition coefficient (Wildman–Crippen LogP) is 3.00. The summed E-state index contributed by atoms with van der Waals surface area (Å²) in [4.78, 5) is 13.7. The molecule has 0 rings (SSSR count). The summed E-state index contributed by atoms with van der Waals surface area (Å²) in [6, 6.07) is 0. The first-order valence-electron chi connectivity index (χ1n) is 6.32. The second-order valence-corrected chi connectivity index (χ2v) is 4.09. The van der Waals surface area contributed by atoms with Crippen LogP contribution in [0.15, 0.2) is 0 Å². The predicted molar refractivity (Wildman–Crippen MR) is 81.8 cm³/mol. The summed E-state index contributed by atoms with van der Waals surface area (Å²) in [5.74, 6) is -0.300. The van der Waals surface area contributed by atoms with E-state index < -0.39 is 0 Å². The highest BCUT2D eigenvalue weighted by Gasteiger charge is 2.18. The molecule has 0 aromatic rings. The summed E-state index contributed by atoms with van der Waals surface area (Å²) in [5.41, 5.74) is 0. The second kappa shape index (κ2) is 15.1. The van der Waals surface area contributed by atoms with E-state index in [-0.39, 0.29) is 36.7 Å². The van der Waals surface area contributed by atoms with Crippen LogP contribution in [0.3, 0.4) is 0 Å². The molecule has 108 valence electrons. The maximum atomic E-state index is 11.4. The maximum Gasteiger partial charge on any atom is 0.378 e. The first-order valence-corrected chi connectivity index (χ1v) is 6.32. The Morgan fingerprint density at radius 3 is 2.11 bits per heavy atom. The zero-order valence-corrected chi connectivity index (χ0v) is 13.3. The van der Waals surface area contributed by atoms with E-state index in [0.717, 1.165) is 45.3 Å². The van der Waals surface area contributed by atoms with E-state index in [0.29, 0.717) is 0 Å². The molecule has 0 saturated heterocycles. The number of rotatable bonds is 9. The molecule has 0 aliphatic heterocycles. The molecule has 1 unspecified atom stereocenters. The van der Waals surface area contributed by atoms with Crippen molar-refractivity contribution in [2.75, 3.05) is 19.6 Å². The summed E-state index contributed by atoms with van der Waals surface area (Å²) in [6.07, 6.45) is 3.88. The van der Waals surface area contributed by atoms with Crippen LogP contribution in [0.4, 0.5) is 0 Å². The highest BCUT2D eigenvalue weighted by Crippen LogP contribution is 2.15. The van der Waals surface area contributed by atoms with Gasteiger partial charge in [0.2, 0.25) is 0 Å². The van der Waals surface area contributed by atoms with Crippen LogP contribution in [0, 0.1) is 5.92 Å². The van der Waals surface area contributed by atoms with Crippen LogP contribution >= 0.6 is 24.8 Å². The molecular weight excluding hydrogens is 272 g/mol. The van der Waals surface area contributed by atoms with Crippen molar-refractivity contribution in [3.63, 3.8) is 0 Å². The Morgan fingerprint density at radius 1 is 1.17 bits per heavy atom. The molecule has 2 radical (unpaired) electrons. The molecule has 0 saturated carbocycles. The number of hydrogen-bond donors (Lipinski definition) is 0. The molecule has 0 aliphatic carbocycles. The SMILES string of the molecule is Cl.Cl.[B]OC(=O)C(CCCC)CCN(CC)CC. The largest absolute Gasteiger partial charge is 0.543 e. The van der Waals surface area contributed by atoms with Gasteiger partial charge in [0.25, 0.3) is 5.97 Å². The normalized spacial score (nSPS) is 11.3. The standard InChI is InChI=1S/C12H24BNO2.2ClH/c1-4-7-8-11(12(15)16-13)9-10-14(5-2)6-3;;/h11H,4-10H2,1-3H3;2*1H.